The van der Waals surface area contributed by atoms with E-state index in [0.29, 0.717) is 12.9 Å². The first-order valence-corrected chi connectivity index (χ1v) is 4.90. The van der Waals surface area contributed by atoms with Gasteiger partial charge >= 0.3 is 0 Å². The molecule has 0 bridgehead atoms. The minimum atomic E-state index is 0.170. The minimum absolute atomic E-state index is 0.170. The first-order chi connectivity index (χ1) is 5.37. The van der Waals surface area contributed by atoms with Crippen LogP contribution >= 0.6 is 0 Å². The molecule has 0 aromatic heterocycles. The van der Waals surface area contributed by atoms with E-state index in [1.54, 1.807) is 0 Å². The van der Waals surface area contributed by atoms with Gasteiger partial charge in [0, 0.05) is 11.6 Å². The zero-order valence-corrected chi connectivity index (χ0v) is 9.15. The molecule has 0 spiro atoms. The van der Waals surface area contributed by atoms with Crippen LogP contribution in [-0.4, -0.2) is 18.4 Å². The van der Waals surface area contributed by atoms with Crippen molar-refractivity contribution in [2.24, 2.45) is 5.73 Å². The average molecular weight is 170 g/mol. The number of nitrogens with two attached hydrogens (primary N) is 1. The fourth-order valence-electron chi connectivity index (χ4n) is 1.64. The predicted octanol–water partition coefficient (Wildman–Crippen LogP) is 1.73. The average Bonchev–Trinajstić information content (AvgIpc) is 1.83. The Morgan fingerprint density at radius 2 is 1.92 bits per heavy atom. The lowest BCUT2D eigenvalue weighted by atomic mass is 9.66. The SMILES string of the molecule is CCC(N)CC(C)(C)NB(C)C. The topological polar surface area (TPSA) is 38.0 Å². The number of hydrogen-bond acceptors (Lipinski definition) is 2. The molecule has 12 heavy (non-hydrogen) atoms. The highest BCUT2D eigenvalue weighted by molar-refractivity contribution is 6.53. The van der Waals surface area contributed by atoms with E-state index in [4.69, 9.17) is 5.73 Å². The molecule has 0 aliphatic heterocycles. The Morgan fingerprint density at radius 1 is 1.42 bits per heavy atom. The van der Waals surface area contributed by atoms with Crippen molar-refractivity contribution in [2.45, 2.75) is 58.8 Å². The molecule has 72 valence electrons. The van der Waals surface area contributed by atoms with E-state index in [1.807, 2.05) is 0 Å². The van der Waals surface area contributed by atoms with Crippen molar-refractivity contribution in [3.8, 4) is 0 Å². The molecule has 0 heterocycles. The summed E-state index contributed by atoms with van der Waals surface area (Å²) in [5.74, 6) is 0. The maximum absolute atomic E-state index is 5.89. The lowest BCUT2D eigenvalue weighted by molar-refractivity contribution is 0.383. The third-order valence-electron chi connectivity index (χ3n) is 1.98. The van der Waals surface area contributed by atoms with E-state index in [0.717, 1.165) is 12.8 Å². The zero-order chi connectivity index (χ0) is 9.78. The van der Waals surface area contributed by atoms with Crippen molar-refractivity contribution in [1.29, 1.82) is 0 Å². The second-order valence-corrected chi connectivity index (χ2v) is 4.56. The van der Waals surface area contributed by atoms with Crippen molar-refractivity contribution >= 4 is 6.85 Å². The zero-order valence-electron chi connectivity index (χ0n) is 9.15. The maximum Gasteiger partial charge on any atom is 0.214 e. The van der Waals surface area contributed by atoms with Crippen molar-refractivity contribution < 1.29 is 0 Å². The van der Waals surface area contributed by atoms with Gasteiger partial charge in [0.05, 0.1) is 0 Å². The predicted molar refractivity (Wildman–Crippen MR) is 57.6 cm³/mol. The Kier molecular flexibility index (Phi) is 4.87. The standard InChI is InChI=1S/C9H23BN2/c1-6-8(11)7-9(2,3)12-10(4)5/h8,12H,6-7,11H2,1-5H3. The van der Waals surface area contributed by atoms with Crippen LogP contribution in [0, 0.1) is 0 Å². The highest BCUT2D eigenvalue weighted by Crippen LogP contribution is 2.12. The Balaban J connectivity index is 3.85. The van der Waals surface area contributed by atoms with Gasteiger partial charge in [0.15, 0.2) is 0 Å². The quantitative estimate of drug-likeness (QED) is 0.616. The first-order valence-electron chi connectivity index (χ1n) is 4.90. The van der Waals surface area contributed by atoms with Crippen LogP contribution in [0.2, 0.25) is 13.6 Å². The van der Waals surface area contributed by atoms with Gasteiger partial charge in [-0.15, -0.1) is 0 Å². The molecular formula is C9H23BN2. The number of hydrogen-bond donors (Lipinski definition) is 2. The van der Waals surface area contributed by atoms with Gasteiger partial charge in [0.25, 0.3) is 0 Å². The molecule has 0 aromatic rings. The molecule has 0 rings (SSSR count). The van der Waals surface area contributed by atoms with Gasteiger partial charge in [0.1, 0.15) is 0 Å². The van der Waals surface area contributed by atoms with Gasteiger partial charge in [-0.05, 0) is 26.7 Å². The molecule has 1 atom stereocenters. The van der Waals surface area contributed by atoms with Gasteiger partial charge in [-0.25, -0.2) is 0 Å². The fraction of sp³-hybridized carbons (Fsp3) is 1.00. The molecule has 0 aromatic carbocycles. The molecule has 2 nitrogen and oxygen atoms in total. The Bertz CT molecular complexity index is 124. The van der Waals surface area contributed by atoms with E-state index < -0.39 is 0 Å². The summed E-state index contributed by atoms with van der Waals surface area (Å²) in [4.78, 5) is 0. The lowest BCUT2D eigenvalue weighted by Crippen LogP contribution is -2.49. The van der Waals surface area contributed by atoms with Crippen LogP contribution in [0.15, 0.2) is 0 Å². The van der Waals surface area contributed by atoms with Crippen LogP contribution in [0.4, 0.5) is 0 Å². The van der Waals surface area contributed by atoms with E-state index >= 15 is 0 Å². The summed E-state index contributed by atoms with van der Waals surface area (Å²) in [6.07, 6.45) is 2.10. The lowest BCUT2D eigenvalue weighted by Gasteiger charge is -2.30. The molecule has 3 N–H and O–H groups in total. The molecule has 1 unspecified atom stereocenters. The van der Waals surface area contributed by atoms with Gasteiger partial charge in [-0.2, -0.15) is 0 Å². The van der Waals surface area contributed by atoms with Crippen molar-refractivity contribution in [2.75, 3.05) is 0 Å². The highest BCUT2D eigenvalue weighted by atomic mass is 14.9. The number of rotatable bonds is 5. The summed E-state index contributed by atoms with van der Waals surface area (Å²) in [5, 5.41) is 3.50. The molecule has 0 saturated heterocycles. The van der Waals surface area contributed by atoms with Crippen LogP contribution in [0.1, 0.15) is 33.6 Å². The monoisotopic (exact) mass is 170 g/mol. The van der Waals surface area contributed by atoms with Crippen molar-refractivity contribution in [3.05, 3.63) is 0 Å². The molecule has 0 radical (unpaired) electrons. The van der Waals surface area contributed by atoms with E-state index in [9.17, 15) is 0 Å². The summed E-state index contributed by atoms with van der Waals surface area (Å²) >= 11 is 0. The van der Waals surface area contributed by atoms with Crippen LogP contribution in [0.3, 0.4) is 0 Å². The minimum Gasteiger partial charge on any atom is -0.351 e. The second-order valence-electron chi connectivity index (χ2n) is 4.56. The Morgan fingerprint density at radius 3 is 2.25 bits per heavy atom. The van der Waals surface area contributed by atoms with E-state index in [-0.39, 0.29) is 5.54 Å². The Labute approximate surface area is 77.4 Å². The van der Waals surface area contributed by atoms with Crippen LogP contribution in [0.5, 0.6) is 0 Å². The summed E-state index contributed by atoms with van der Waals surface area (Å²) < 4.78 is 0. The molecule has 0 fully saturated rings. The van der Waals surface area contributed by atoms with Crippen LogP contribution in [0.25, 0.3) is 0 Å². The summed E-state index contributed by atoms with van der Waals surface area (Å²) in [5.41, 5.74) is 6.07. The summed E-state index contributed by atoms with van der Waals surface area (Å²) in [7, 11) is 0. The molecule has 0 aliphatic rings. The third-order valence-corrected chi connectivity index (χ3v) is 1.98. The van der Waals surface area contributed by atoms with E-state index in [1.165, 1.54) is 0 Å². The third kappa shape index (κ3) is 5.61. The molecule has 0 saturated carbocycles. The smallest absolute Gasteiger partial charge is 0.214 e. The van der Waals surface area contributed by atoms with Gasteiger partial charge < -0.3 is 11.0 Å². The van der Waals surface area contributed by atoms with Gasteiger partial charge in [-0.1, -0.05) is 20.6 Å². The molecule has 0 amide bonds. The largest absolute Gasteiger partial charge is 0.351 e. The Hall–Kier alpha value is -0.0151. The van der Waals surface area contributed by atoms with Gasteiger partial charge in [-0.3, -0.25) is 0 Å². The fourth-order valence-corrected chi connectivity index (χ4v) is 1.64. The molecule has 3 heteroatoms. The van der Waals surface area contributed by atoms with Crippen molar-refractivity contribution in [1.82, 2.24) is 5.23 Å². The van der Waals surface area contributed by atoms with E-state index in [2.05, 4.69) is 39.6 Å². The molecule has 0 aliphatic carbocycles. The molecular weight excluding hydrogens is 147 g/mol. The van der Waals surface area contributed by atoms with Crippen molar-refractivity contribution in [3.63, 3.8) is 0 Å². The highest BCUT2D eigenvalue weighted by Gasteiger charge is 2.21. The normalized spacial score (nSPS) is 14.5. The summed E-state index contributed by atoms with van der Waals surface area (Å²) in [6.45, 7) is 11.4. The first kappa shape index (κ1) is 12.0. The number of nitrogens with one attached hydrogen (secondary N) is 1. The van der Waals surface area contributed by atoms with Gasteiger partial charge in [0.2, 0.25) is 6.85 Å². The maximum atomic E-state index is 5.89. The van der Waals surface area contributed by atoms with Crippen LogP contribution in [-0.2, 0) is 0 Å². The second kappa shape index (κ2) is 4.88. The van der Waals surface area contributed by atoms with Crippen LogP contribution < -0.4 is 11.0 Å². The summed E-state index contributed by atoms with van der Waals surface area (Å²) in [6, 6.07) is 0.325.